The summed E-state index contributed by atoms with van der Waals surface area (Å²) in [6, 6.07) is 7.22. The molecule has 2 N–H and O–H groups in total. The van der Waals surface area contributed by atoms with Crippen LogP contribution in [0.15, 0.2) is 18.2 Å². The molecule has 17 heavy (non-hydrogen) atoms. The monoisotopic (exact) mass is 234 g/mol. The zero-order valence-electron chi connectivity index (χ0n) is 10.9. The first-order valence-electron chi connectivity index (χ1n) is 6.38. The molecule has 0 spiro atoms. The standard InChI is InChI=1S/C14H22N2O/c1-4-12-6-5-10(2)16(12)13-7-11(15)8-14(9-13)17-3/h7-10,12H,4-6,15H2,1-3H3. The summed E-state index contributed by atoms with van der Waals surface area (Å²) in [6.07, 6.45) is 3.71. The van der Waals surface area contributed by atoms with Crippen LogP contribution in [0.2, 0.25) is 0 Å². The quantitative estimate of drug-likeness (QED) is 0.817. The minimum absolute atomic E-state index is 0.589. The van der Waals surface area contributed by atoms with Crippen LogP contribution < -0.4 is 15.4 Å². The van der Waals surface area contributed by atoms with E-state index >= 15 is 0 Å². The highest BCUT2D eigenvalue weighted by atomic mass is 16.5. The fourth-order valence-electron chi connectivity index (χ4n) is 2.81. The third-order valence-electron chi connectivity index (χ3n) is 3.70. The summed E-state index contributed by atoms with van der Waals surface area (Å²) in [5.41, 5.74) is 7.89. The van der Waals surface area contributed by atoms with E-state index in [9.17, 15) is 0 Å². The average Bonchev–Trinajstić information content (AvgIpc) is 2.69. The van der Waals surface area contributed by atoms with Crippen LogP contribution in [0.3, 0.4) is 0 Å². The SMILES string of the molecule is CCC1CCC(C)N1c1cc(N)cc(OC)c1. The minimum atomic E-state index is 0.589. The number of benzene rings is 1. The van der Waals surface area contributed by atoms with Gasteiger partial charge < -0.3 is 15.4 Å². The van der Waals surface area contributed by atoms with E-state index in [-0.39, 0.29) is 0 Å². The highest BCUT2D eigenvalue weighted by molar-refractivity contribution is 5.62. The first-order chi connectivity index (χ1) is 8.15. The fraction of sp³-hybridized carbons (Fsp3) is 0.571. The molecule has 3 heteroatoms. The molecule has 0 radical (unpaired) electrons. The van der Waals surface area contributed by atoms with Crippen LogP contribution in [0.5, 0.6) is 5.75 Å². The second-order valence-electron chi connectivity index (χ2n) is 4.86. The molecular weight excluding hydrogens is 212 g/mol. The fourth-order valence-corrected chi connectivity index (χ4v) is 2.81. The Balaban J connectivity index is 2.34. The number of nitrogens with zero attached hydrogens (tertiary/aromatic N) is 1. The molecule has 2 unspecified atom stereocenters. The normalized spacial score (nSPS) is 24.1. The van der Waals surface area contributed by atoms with Crippen LogP contribution in [0.25, 0.3) is 0 Å². The number of rotatable bonds is 3. The van der Waals surface area contributed by atoms with Gasteiger partial charge in [0.1, 0.15) is 5.75 Å². The van der Waals surface area contributed by atoms with Crippen LogP contribution in [-0.4, -0.2) is 19.2 Å². The van der Waals surface area contributed by atoms with Crippen molar-refractivity contribution in [2.24, 2.45) is 0 Å². The zero-order valence-corrected chi connectivity index (χ0v) is 10.9. The summed E-state index contributed by atoms with van der Waals surface area (Å²) >= 11 is 0. The van der Waals surface area contributed by atoms with Crippen LogP contribution in [0.4, 0.5) is 11.4 Å². The van der Waals surface area contributed by atoms with Crippen molar-refractivity contribution in [3.63, 3.8) is 0 Å². The van der Waals surface area contributed by atoms with E-state index in [0.29, 0.717) is 12.1 Å². The van der Waals surface area contributed by atoms with Gasteiger partial charge in [0, 0.05) is 35.6 Å². The molecule has 0 aromatic heterocycles. The molecule has 94 valence electrons. The van der Waals surface area contributed by atoms with Gasteiger partial charge in [0.25, 0.3) is 0 Å². The molecule has 1 saturated heterocycles. The number of hydrogen-bond donors (Lipinski definition) is 1. The average molecular weight is 234 g/mol. The Bertz CT molecular complexity index is 392. The molecule has 1 aliphatic rings. The maximum Gasteiger partial charge on any atom is 0.122 e. The predicted octanol–water partition coefficient (Wildman–Crippen LogP) is 3.04. The van der Waals surface area contributed by atoms with Crippen molar-refractivity contribution >= 4 is 11.4 Å². The van der Waals surface area contributed by atoms with Crippen molar-refractivity contribution in [3.8, 4) is 5.75 Å². The predicted molar refractivity (Wildman–Crippen MR) is 72.7 cm³/mol. The van der Waals surface area contributed by atoms with E-state index in [0.717, 1.165) is 11.4 Å². The minimum Gasteiger partial charge on any atom is -0.497 e. The molecule has 0 bridgehead atoms. The Labute approximate surface area is 104 Å². The molecule has 0 amide bonds. The van der Waals surface area contributed by atoms with Crippen molar-refractivity contribution in [2.75, 3.05) is 17.7 Å². The number of methoxy groups -OCH3 is 1. The van der Waals surface area contributed by atoms with E-state index in [2.05, 4.69) is 24.8 Å². The van der Waals surface area contributed by atoms with E-state index in [1.54, 1.807) is 7.11 Å². The second kappa shape index (κ2) is 4.86. The molecule has 2 atom stereocenters. The third kappa shape index (κ3) is 2.33. The molecule has 1 fully saturated rings. The smallest absolute Gasteiger partial charge is 0.122 e. The topological polar surface area (TPSA) is 38.5 Å². The van der Waals surface area contributed by atoms with Gasteiger partial charge in [0.15, 0.2) is 0 Å². The first kappa shape index (κ1) is 12.1. The van der Waals surface area contributed by atoms with Crippen LogP contribution in [0, 0.1) is 0 Å². The molecule has 1 aromatic carbocycles. The lowest BCUT2D eigenvalue weighted by Crippen LogP contribution is -2.34. The van der Waals surface area contributed by atoms with Gasteiger partial charge in [-0.25, -0.2) is 0 Å². The van der Waals surface area contributed by atoms with Gasteiger partial charge in [-0.1, -0.05) is 6.92 Å². The maximum atomic E-state index is 5.93. The maximum absolute atomic E-state index is 5.93. The van der Waals surface area contributed by atoms with E-state index in [1.807, 2.05) is 12.1 Å². The number of anilines is 2. The Morgan fingerprint density at radius 3 is 2.76 bits per heavy atom. The lowest BCUT2D eigenvalue weighted by atomic mass is 10.1. The number of hydrogen-bond acceptors (Lipinski definition) is 3. The molecular formula is C14H22N2O. The molecule has 2 rings (SSSR count). The number of nitrogens with two attached hydrogens (primary N) is 1. The summed E-state index contributed by atoms with van der Waals surface area (Å²) < 4.78 is 5.29. The second-order valence-corrected chi connectivity index (χ2v) is 4.86. The largest absolute Gasteiger partial charge is 0.497 e. The van der Waals surface area contributed by atoms with Crippen LogP contribution in [0.1, 0.15) is 33.1 Å². The van der Waals surface area contributed by atoms with Gasteiger partial charge in [-0.15, -0.1) is 0 Å². The van der Waals surface area contributed by atoms with Crippen molar-refractivity contribution < 1.29 is 4.74 Å². The molecule has 1 heterocycles. The Morgan fingerprint density at radius 1 is 1.35 bits per heavy atom. The van der Waals surface area contributed by atoms with E-state index < -0.39 is 0 Å². The molecule has 1 aliphatic heterocycles. The number of nitrogen functional groups attached to an aromatic ring is 1. The lowest BCUT2D eigenvalue weighted by Gasteiger charge is -2.30. The lowest BCUT2D eigenvalue weighted by molar-refractivity contribution is 0.415. The van der Waals surface area contributed by atoms with Gasteiger partial charge in [-0.05, 0) is 32.3 Å². The van der Waals surface area contributed by atoms with Crippen molar-refractivity contribution in [3.05, 3.63) is 18.2 Å². The Hall–Kier alpha value is -1.38. The van der Waals surface area contributed by atoms with Crippen LogP contribution >= 0.6 is 0 Å². The summed E-state index contributed by atoms with van der Waals surface area (Å²) in [5, 5.41) is 0. The van der Waals surface area contributed by atoms with Crippen molar-refractivity contribution in [1.82, 2.24) is 0 Å². The molecule has 3 nitrogen and oxygen atoms in total. The van der Waals surface area contributed by atoms with Gasteiger partial charge in [-0.2, -0.15) is 0 Å². The first-order valence-corrected chi connectivity index (χ1v) is 6.38. The molecule has 1 aromatic rings. The highest BCUT2D eigenvalue weighted by Crippen LogP contribution is 2.35. The summed E-state index contributed by atoms with van der Waals surface area (Å²) in [7, 11) is 1.68. The van der Waals surface area contributed by atoms with E-state index in [4.69, 9.17) is 10.5 Å². The van der Waals surface area contributed by atoms with Gasteiger partial charge >= 0.3 is 0 Å². The van der Waals surface area contributed by atoms with Crippen molar-refractivity contribution in [2.45, 2.75) is 45.2 Å². The van der Waals surface area contributed by atoms with Gasteiger partial charge in [-0.3, -0.25) is 0 Å². The summed E-state index contributed by atoms with van der Waals surface area (Å²) in [6.45, 7) is 4.53. The van der Waals surface area contributed by atoms with Gasteiger partial charge in [0.2, 0.25) is 0 Å². The Kier molecular flexibility index (Phi) is 3.46. The zero-order chi connectivity index (χ0) is 12.4. The van der Waals surface area contributed by atoms with Crippen LogP contribution in [-0.2, 0) is 0 Å². The molecule has 0 saturated carbocycles. The highest BCUT2D eigenvalue weighted by Gasteiger charge is 2.29. The summed E-state index contributed by atoms with van der Waals surface area (Å²) in [5.74, 6) is 0.842. The summed E-state index contributed by atoms with van der Waals surface area (Å²) in [4.78, 5) is 2.48. The number of ether oxygens (including phenoxy) is 1. The van der Waals surface area contributed by atoms with E-state index in [1.165, 1.54) is 24.9 Å². The van der Waals surface area contributed by atoms with Gasteiger partial charge in [0.05, 0.1) is 7.11 Å². The van der Waals surface area contributed by atoms with Crippen molar-refractivity contribution in [1.29, 1.82) is 0 Å². The Morgan fingerprint density at radius 2 is 2.12 bits per heavy atom. The molecule has 0 aliphatic carbocycles. The third-order valence-corrected chi connectivity index (χ3v) is 3.70.